The molecule has 0 aliphatic heterocycles. The SMILES string of the molecule is CCCCc1ccc2c(c1)C(NC(C)=O)=C(C)C2. The summed E-state index contributed by atoms with van der Waals surface area (Å²) in [4.78, 5) is 11.3. The molecule has 0 spiro atoms. The van der Waals surface area contributed by atoms with Gasteiger partial charge < -0.3 is 5.32 Å². The lowest BCUT2D eigenvalue weighted by molar-refractivity contribution is -0.117. The zero-order chi connectivity index (χ0) is 13.1. The Labute approximate surface area is 109 Å². The van der Waals surface area contributed by atoms with Gasteiger partial charge in [0, 0.05) is 18.2 Å². The first-order valence-corrected chi connectivity index (χ1v) is 6.71. The molecule has 0 fully saturated rings. The van der Waals surface area contributed by atoms with Crippen LogP contribution in [0.1, 0.15) is 50.3 Å². The highest BCUT2D eigenvalue weighted by atomic mass is 16.1. The van der Waals surface area contributed by atoms with E-state index in [-0.39, 0.29) is 5.91 Å². The average Bonchev–Trinajstić information content (AvgIpc) is 2.63. The predicted octanol–water partition coefficient (Wildman–Crippen LogP) is 3.45. The molecule has 0 atom stereocenters. The molecule has 2 nitrogen and oxygen atoms in total. The first kappa shape index (κ1) is 12.9. The van der Waals surface area contributed by atoms with E-state index in [2.05, 4.69) is 37.4 Å². The average molecular weight is 243 g/mol. The van der Waals surface area contributed by atoms with E-state index in [4.69, 9.17) is 0 Å². The summed E-state index contributed by atoms with van der Waals surface area (Å²) in [6.07, 6.45) is 4.51. The Kier molecular flexibility index (Phi) is 3.85. The maximum atomic E-state index is 11.3. The molecule has 0 radical (unpaired) electrons. The summed E-state index contributed by atoms with van der Waals surface area (Å²) < 4.78 is 0. The second-order valence-corrected chi connectivity index (χ2v) is 5.11. The second kappa shape index (κ2) is 5.38. The molecule has 1 aliphatic carbocycles. The Morgan fingerprint density at radius 3 is 2.83 bits per heavy atom. The molecule has 1 aromatic rings. The quantitative estimate of drug-likeness (QED) is 0.862. The normalized spacial score (nSPS) is 13.7. The summed E-state index contributed by atoms with van der Waals surface area (Å²) in [7, 11) is 0. The lowest BCUT2D eigenvalue weighted by Crippen LogP contribution is -2.18. The van der Waals surface area contributed by atoms with Crippen LogP contribution in [0.5, 0.6) is 0 Å². The molecule has 0 saturated heterocycles. The van der Waals surface area contributed by atoms with Crippen molar-refractivity contribution in [1.29, 1.82) is 0 Å². The third-order valence-electron chi connectivity index (χ3n) is 3.45. The maximum absolute atomic E-state index is 11.3. The molecule has 18 heavy (non-hydrogen) atoms. The summed E-state index contributed by atoms with van der Waals surface area (Å²) in [5, 5.41) is 2.97. The van der Waals surface area contributed by atoms with Crippen molar-refractivity contribution in [1.82, 2.24) is 5.32 Å². The third-order valence-corrected chi connectivity index (χ3v) is 3.45. The van der Waals surface area contributed by atoms with Crippen LogP contribution in [0.15, 0.2) is 23.8 Å². The molecule has 2 rings (SSSR count). The fraction of sp³-hybridized carbons (Fsp3) is 0.438. The fourth-order valence-corrected chi connectivity index (χ4v) is 2.50. The van der Waals surface area contributed by atoms with Crippen LogP contribution in [0, 0.1) is 0 Å². The first-order chi connectivity index (χ1) is 8.61. The van der Waals surface area contributed by atoms with E-state index in [1.165, 1.54) is 35.1 Å². The van der Waals surface area contributed by atoms with Gasteiger partial charge in [-0.15, -0.1) is 0 Å². The number of nitrogens with one attached hydrogen (secondary N) is 1. The number of allylic oxidation sites excluding steroid dienone is 1. The van der Waals surface area contributed by atoms with E-state index in [1.54, 1.807) is 6.92 Å². The standard InChI is InChI=1S/C16H21NO/c1-4-5-6-13-7-8-14-9-11(2)16(15(14)10-13)17-12(3)18/h7-8,10H,4-6,9H2,1-3H3,(H,17,18). The molecule has 1 N–H and O–H groups in total. The van der Waals surface area contributed by atoms with Crippen LogP contribution in [0.3, 0.4) is 0 Å². The van der Waals surface area contributed by atoms with E-state index in [9.17, 15) is 4.79 Å². The lowest BCUT2D eigenvalue weighted by Gasteiger charge is -2.09. The van der Waals surface area contributed by atoms with Crippen molar-refractivity contribution < 1.29 is 4.79 Å². The van der Waals surface area contributed by atoms with Crippen molar-refractivity contribution in [3.8, 4) is 0 Å². The predicted molar refractivity (Wildman–Crippen MR) is 75.2 cm³/mol. The second-order valence-electron chi connectivity index (χ2n) is 5.11. The number of carbonyl (C=O) groups is 1. The molecule has 0 bridgehead atoms. The molecular weight excluding hydrogens is 222 g/mol. The van der Waals surface area contributed by atoms with Gasteiger partial charge in [0.15, 0.2) is 0 Å². The van der Waals surface area contributed by atoms with Gasteiger partial charge in [0.05, 0.1) is 0 Å². The van der Waals surface area contributed by atoms with Crippen molar-refractivity contribution in [2.75, 3.05) is 0 Å². The fourth-order valence-electron chi connectivity index (χ4n) is 2.50. The third kappa shape index (κ3) is 2.63. The number of aryl methyl sites for hydroxylation is 1. The van der Waals surface area contributed by atoms with Crippen molar-refractivity contribution in [3.63, 3.8) is 0 Å². The summed E-state index contributed by atoms with van der Waals surface area (Å²) in [5.74, 6) is 0.0103. The first-order valence-electron chi connectivity index (χ1n) is 6.71. The van der Waals surface area contributed by atoms with Gasteiger partial charge in [-0.25, -0.2) is 0 Å². The van der Waals surface area contributed by atoms with Gasteiger partial charge in [-0.2, -0.15) is 0 Å². The van der Waals surface area contributed by atoms with Gasteiger partial charge in [-0.1, -0.05) is 25.5 Å². The molecule has 0 saturated carbocycles. The Morgan fingerprint density at radius 2 is 2.17 bits per heavy atom. The van der Waals surface area contributed by atoms with Crippen molar-refractivity contribution >= 4 is 11.6 Å². The Morgan fingerprint density at radius 1 is 1.39 bits per heavy atom. The lowest BCUT2D eigenvalue weighted by atomic mass is 10.0. The summed E-state index contributed by atoms with van der Waals surface area (Å²) >= 11 is 0. The van der Waals surface area contributed by atoms with Crippen molar-refractivity contribution in [2.45, 2.75) is 46.5 Å². The van der Waals surface area contributed by atoms with Crippen LogP contribution in [0.25, 0.3) is 5.70 Å². The molecule has 96 valence electrons. The molecule has 0 aromatic heterocycles. The van der Waals surface area contributed by atoms with Gasteiger partial charge >= 0.3 is 0 Å². The van der Waals surface area contributed by atoms with Crippen LogP contribution in [-0.4, -0.2) is 5.91 Å². The number of unbranched alkanes of at least 4 members (excludes halogenated alkanes) is 1. The summed E-state index contributed by atoms with van der Waals surface area (Å²) in [5.41, 5.74) is 6.20. The number of fused-ring (bicyclic) bond motifs is 1. The highest BCUT2D eigenvalue weighted by Crippen LogP contribution is 2.31. The van der Waals surface area contributed by atoms with Crippen LogP contribution >= 0.6 is 0 Å². The van der Waals surface area contributed by atoms with Gasteiger partial charge in [0.25, 0.3) is 0 Å². The number of benzene rings is 1. The number of hydrogen-bond donors (Lipinski definition) is 1. The molecule has 1 aliphatic rings. The minimum atomic E-state index is 0.0103. The number of rotatable bonds is 4. The van der Waals surface area contributed by atoms with E-state index in [0.29, 0.717) is 0 Å². The van der Waals surface area contributed by atoms with E-state index in [1.807, 2.05) is 0 Å². The van der Waals surface area contributed by atoms with Gasteiger partial charge in [-0.3, -0.25) is 4.79 Å². The highest BCUT2D eigenvalue weighted by molar-refractivity contribution is 5.88. The Hall–Kier alpha value is -1.57. The molecule has 0 unspecified atom stereocenters. The van der Waals surface area contributed by atoms with Gasteiger partial charge in [0.2, 0.25) is 5.91 Å². The minimum absolute atomic E-state index is 0.0103. The minimum Gasteiger partial charge on any atom is -0.326 e. The van der Waals surface area contributed by atoms with Gasteiger partial charge in [0.1, 0.15) is 0 Å². The van der Waals surface area contributed by atoms with Crippen molar-refractivity contribution in [2.24, 2.45) is 0 Å². The van der Waals surface area contributed by atoms with E-state index in [0.717, 1.165) is 18.5 Å². The number of amides is 1. The Balaban J connectivity index is 2.28. The molecule has 2 heteroatoms. The molecular formula is C16H21NO. The van der Waals surface area contributed by atoms with Crippen LogP contribution < -0.4 is 5.32 Å². The Bertz CT molecular complexity index is 500. The molecule has 1 amide bonds. The summed E-state index contributed by atoms with van der Waals surface area (Å²) in [6, 6.07) is 6.67. The van der Waals surface area contributed by atoms with Crippen LogP contribution in [0.4, 0.5) is 0 Å². The zero-order valence-electron chi connectivity index (χ0n) is 11.5. The zero-order valence-corrected chi connectivity index (χ0v) is 11.5. The number of carbonyl (C=O) groups excluding carboxylic acids is 1. The summed E-state index contributed by atoms with van der Waals surface area (Å²) in [6.45, 7) is 5.87. The number of hydrogen-bond acceptors (Lipinski definition) is 1. The van der Waals surface area contributed by atoms with E-state index < -0.39 is 0 Å². The molecule has 1 aromatic carbocycles. The molecule has 0 heterocycles. The smallest absolute Gasteiger partial charge is 0.221 e. The highest BCUT2D eigenvalue weighted by Gasteiger charge is 2.19. The monoisotopic (exact) mass is 243 g/mol. The topological polar surface area (TPSA) is 29.1 Å². The van der Waals surface area contributed by atoms with E-state index >= 15 is 0 Å². The largest absolute Gasteiger partial charge is 0.326 e. The maximum Gasteiger partial charge on any atom is 0.221 e. The van der Waals surface area contributed by atoms with Gasteiger partial charge in [-0.05, 0) is 49.0 Å². The van der Waals surface area contributed by atoms with Crippen molar-refractivity contribution in [3.05, 3.63) is 40.5 Å². The van der Waals surface area contributed by atoms with Crippen LogP contribution in [-0.2, 0) is 17.6 Å². The van der Waals surface area contributed by atoms with Crippen LogP contribution in [0.2, 0.25) is 0 Å².